The molecular weight excluding hydrogens is 316 g/mol. The fourth-order valence-electron chi connectivity index (χ4n) is 3.49. The van der Waals surface area contributed by atoms with Gasteiger partial charge in [0, 0.05) is 18.8 Å². The molecule has 0 amide bonds. The van der Waals surface area contributed by atoms with Gasteiger partial charge in [-0.3, -0.25) is 4.79 Å². The predicted molar refractivity (Wildman–Crippen MR) is 101 cm³/mol. The number of methoxy groups -OCH3 is 1. The van der Waals surface area contributed by atoms with Gasteiger partial charge in [0.2, 0.25) is 0 Å². The third-order valence-electron chi connectivity index (χ3n) is 5.05. The Morgan fingerprint density at radius 1 is 1.04 bits per heavy atom. The van der Waals surface area contributed by atoms with Crippen molar-refractivity contribution in [1.29, 1.82) is 0 Å². The molecule has 0 spiro atoms. The summed E-state index contributed by atoms with van der Waals surface area (Å²) in [4.78, 5) is 11.0. The monoisotopic (exact) mass is 352 g/mol. The van der Waals surface area contributed by atoms with Crippen LogP contribution in [0, 0.1) is 11.8 Å². The number of hydrogen-bond acceptors (Lipinski definition) is 4. The number of carbonyl (C=O) groups excluding carboxylic acids is 1. The van der Waals surface area contributed by atoms with Crippen LogP contribution in [0.1, 0.15) is 71.1 Å². The van der Waals surface area contributed by atoms with Crippen LogP contribution in [0.15, 0.2) is 24.3 Å². The van der Waals surface area contributed by atoms with Gasteiger partial charge in [-0.1, -0.05) is 50.5 Å². The molecule has 0 unspecified atom stereocenters. The van der Waals surface area contributed by atoms with Crippen LogP contribution in [0.3, 0.4) is 0 Å². The minimum absolute atomic E-state index is 0.0425. The summed E-state index contributed by atoms with van der Waals surface area (Å²) in [5.41, 5.74) is 0. The lowest BCUT2D eigenvalue weighted by atomic mass is 9.89. The molecule has 1 rings (SSSR count). The zero-order valence-electron chi connectivity index (χ0n) is 15.9. The van der Waals surface area contributed by atoms with Crippen molar-refractivity contribution in [2.45, 2.75) is 83.3 Å². The summed E-state index contributed by atoms with van der Waals surface area (Å²) in [5, 5.41) is 20.4. The van der Waals surface area contributed by atoms with E-state index < -0.39 is 12.2 Å². The minimum atomic E-state index is -0.445. The summed E-state index contributed by atoms with van der Waals surface area (Å²) in [6, 6.07) is 0. The summed E-state index contributed by atoms with van der Waals surface area (Å²) in [7, 11) is 1.41. The van der Waals surface area contributed by atoms with E-state index in [0.29, 0.717) is 12.8 Å². The van der Waals surface area contributed by atoms with Crippen molar-refractivity contribution in [2.75, 3.05) is 7.11 Å². The fourth-order valence-corrected chi connectivity index (χ4v) is 3.49. The summed E-state index contributed by atoms with van der Waals surface area (Å²) >= 11 is 0. The highest BCUT2D eigenvalue weighted by atomic mass is 16.5. The smallest absolute Gasteiger partial charge is 0.305 e. The van der Waals surface area contributed by atoms with Gasteiger partial charge in [0.1, 0.15) is 0 Å². The predicted octanol–water partition coefficient (Wildman–Crippen LogP) is 4.16. The quantitative estimate of drug-likeness (QED) is 0.314. The minimum Gasteiger partial charge on any atom is -0.469 e. The number of aliphatic hydroxyl groups is 2. The molecular formula is C21H36O4. The van der Waals surface area contributed by atoms with Gasteiger partial charge < -0.3 is 14.9 Å². The third kappa shape index (κ3) is 8.68. The average Bonchev–Trinajstić information content (AvgIpc) is 2.87. The Morgan fingerprint density at radius 2 is 1.80 bits per heavy atom. The first kappa shape index (κ1) is 21.9. The molecule has 1 aliphatic rings. The second-order valence-corrected chi connectivity index (χ2v) is 7.06. The van der Waals surface area contributed by atoms with E-state index in [1.165, 1.54) is 32.8 Å². The van der Waals surface area contributed by atoms with E-state index >= 15 is 0 Å². The SMILES string of the molecule is CCCCCC/C=C/[C@@H]1[C@@H](C/C=C\CCCC(=O)OC)[C@@H](O)C[C@H]1O. The number of hydrogen-bond donors (Lipinski definition) is 2. The van der Waals surface area contributed by atoms with Crippen LogP contribution in [-0.2, 0) is 9.53 Å². The van der Waals surface area contributed by atoms with Gasteiger partial charge in [-0.25, -0.2) is 0 Å². The highest BCUT2D eigenvalue weighted by Gasteiger charge is 2.39. The van der Waals surface area contributed by atoms with Crippen molar-refractivity contribution in [3.63, 3.8) is 0 Å². The van der Waals surface area contributed by atoms with Gasteiger partial charge in [-0.2, -0.15) is 0 Å². The maximum Gasteiger partial charge on any atom is 0.305 e. The Labute approximate surface area is 153 Å². The molecule has 25 heavy (non-hydrogen) atoms. The first-order valence-corrected chi connectivity index (χ1v) is 9.84. The first-order chi connectivity index (χ1) is 12.1. The molecule has 144 valence electrons. The first-order valence-electron chi connectivity index (χ1n) is 9.84. The van der Waals surface area contributed by atoms with Gasteiger partial charge in [-0.05, 0) is 38.0 Å². The third-order valence-corrected chi connectivity index (χ3v) is 5.05. The van der Waals surface area contributed by atoms with E-state index in [1.54, 1.807) is 0 Å². The molecule has 0 aromatic carbocycles. The van der Waals surface area contributed by atoms with Crippen LogP contribution in [0.4, 0.5) is 0 Å². The van der Waals surface area contributed by atoms with E-state index in [1.807, 2.05) is 0 Å². The van der Waals surface area contributed by atoms with Gasteiger partial charge in [-0.15, -0.1) is 0 Å². The molecule has 0 heterocycles. The molecule has 4 atom stereocenters. The molecule has 4 nitrogen and oxygen atoms in total. The van der Waals surface area contributed by atoms with Gasteiger partial charge in [0.25, 0.3) is 0 Å². The Hall–Kier alpha value is -1.13. The van der Waals surface area contributed by atoms with Gasteiger partial charge in [0.15, 0.2) is 0 Å². The number of allylic oxidation sites excluding steroid dienone is 3. The highest BCUT2D eigenvalue weighted by molar-refractivity contribution is 5.69. The van der Waals surface area contributed by atoms with E-state index in [-0.39, 0.29) is 17.8 Å². The lowest BCUT2D eigenvalue weighted by Gasteiger charge is -2.19. The van der Waals surface area contributed by atoms with Crippen molar-refractivity contribution in [3.8, 4) is 0 Å². The molecule has 0 aromatic heterocycles. The van der Waals surface area contributed by atoms with E-state index in [4.69, 9.17) is 0 Å². The number of aliphatic hydroxyl groups excluding tert-OH is 2. The molecule has 2 N–H and O–H groups in total. The number of unbranched alkanes of at least 4 members (excludes halogenated alkanes) is 5. The zero-order valence-corrected chi connectivity index (χ0v) is 15.9. The van der Waals surface area contributed by atoms with Crippen LogP contribution in [0.25, 0.3) is 0 Å². The molecule has 0 aromatic rings. The summed E-state index contributed by atoms with van der Waals surface area (Å²) in [6.45, 7) is 2.21. The molecule has 0 bridgehead atoms. The second kappa shape index (κ2) is 13.1. The summed E-state index contributed by atoms with van der Waals surface area (Å²) in [6.07, 6.45) is 16.8. The average molecular weight is 353 g/mol. The van der Waals surface area contributed by atoms with Crippen LogP contribution in [0.5, 0.6) is 0 Å². The molecule has 1 saturated carbocycles. The molecule has 1 aliphatic carbocycles. The van der Waals surface area contributed by atoms with Crippen LogP contribution in [0.2, 0.25) is 0 Å². The molecule has 0 radical (unpaired) electrons. The van der Waals surface area contributed by atoms with Gasteiger partial charge in [0.05, 0.1) is 19.3 Å². The normalized spacial score (nSPS) is 26.7. The number of carbonyl (C=O) groups is 1. The largest absolute Gasteiger partial charge is 0.469 e. The standard InChI is InChI=1S/C21H36O4/c1-3-4-5-6-7-10-13-17-18(20(23)16-19(17)22)14-11-8-9-12-15-21(24)25-2/h8,10-11,13,17-20,22-23H,3-7,9,12,14-16H2,1-2H3/b11-8-,13-10+/t17-,18-,19-,20+/m1/s1. The Balaban J connectivity index is 2.35. The van der Waals surface area contributed by atoms with Crippen LogP contribution < -0.4 is 0 Å². The molecule has 1 fully saturated rings. The number of ether oxygens (including phenoxy) is 1. The maximum atomic E-state index is 11.0. The molecule has 0 aliphatic heterocycles. The van der Waals surface area contributed by atoms with Crippen molar-refractivity contribution < 1.29 is 19.7 Å². The van der Waals surface area contributed by atoms with E-state index in [0.717, 1.165) is 25.7 Å². The van der Waals surface area contributed by atoms with E-state index in [2.05, 4.69) is 36.0 Å². The van der Waals surface area contributed by atoms with Crippen LogP contribution >= 0.6 is 0 Å². The van der Waals surface area contributed by atoms with Crippen molar-refractivity contribution >= 4 is 5.97 Å². The second-order valence-electron chi connectivity index (χ2n) is 7.06. The number of esters is 1. The lowest BCUT2D eigenvalue weighted by molar-refractivity contribution is -0.140. The zero-order chi connectivity index (χ0) is 18.5. The molecule has 4 heteroatoms. The van der Waals surface area contributed by atoms with Crippen molar-refractivity contribution in [3.05, 3.63) is 24.3 Å². The topological polar surface area (TPSA) is 66.8 Å². The fraction of sp³-hybridized carbons (Fsp3) is 0.762. The van der Waals surface area contributed by atoms with Gasteiger partial charge >= 0.3 is 5.97 Å². The highest BCUT2D eigenvalue weighted by Crippen LogP contribution is 2.36. The Morgan fingerprint density at radius 3 is 2.52 bits per heavy atom. The van der Waals surface area contributed by atoms with Crippen molar-refractivity contribution in [1.82, 2.24) is 0 Å². The molecule has 0 saturated heterocycles. The van der Waals surface area contributed by atoms with E-state index in [9.17, 15) is 15.0 Å². The summed E-state index contributed by atoms with van der Waals surface area (Å²) < 4.78 is 4.61. The maximum absolute atomic E-state index is 11.0. The lowest BCUT2D eigenvalue weighted by Crippen LogP contribution is -2.19. The Bertz CT molecular complexity index is 416. The summed E-state index contributed by atoms with van der Waals surface area (Å²) in [5.74, 6) is -0.0495. The van der Waals surface area contributed by atoms with Crippen molar-refractivity contribution in [2.24, 2.45) is 11.8 Å². The Kier molecular flexibility index (Phi) is 11.5. The van der Waals surface area contributed by atoms with Crippen LogP contribution in [-0.4, -0.2) is 35.5 Å². The number of rotatable bonds is 12.